The highest BCUT2D eigenvalue weighted by molar-refractivity contribution is 5.38. The number of fused-ring (bicyclic) bond motifs is 2. The molecule has 0 fully saturated rings. The van der Waals surface area contributed by atoms with Crippen LogP contribution in [0.25, 0.3) is 5.65 Å². The lowest BCUT2D eigenvalue weighted by atomic mass is 9.93. The highest BCUT2D eigenvalue weighted by atomic mass is 16.3. The van der Waals surface area contributed by atoms with E-state index in [1.54, 1.807) is 16.7 Å². The van der Waals surface area contributed by atoms with Gasteiger partial charge in [-0.1, -0.05) is 30.3 Å². The molecule has 3 heterocycles. The number of nitrogens with zero attached hydrogens (tertiary/aromatic N) is 3. The SMILES string of the molecule is O=c1cc(CN2CCc3ccccc3C2CO)nc2ccccn12. The smallest absolute Gasteiger partial charge is 0.258 e. The number of rotatable bonds is 3. The van der Waals surface area contributed by atoms with E-state index in [1.807, 2.05) is 30.3 Å². The van der Waals surface area contributed by atoms with Crippen LogP contribution >= 0.6 is 0 Å². The summed E-state index contributed by atoms with van der Waals surface area (Å²) in [6.45, 7) is 1.46. The van der Waals surface area contributed by atoms with Crippen LogP contribution in [0.4, 0.5) is 0 Å². The summed E-state index contributed by atoms with van der Waals surface area (Å²) in [4.78, 5) is 19.0. The van der Waals surface area contributed by atoms with Crippen LogP contribution in [0.3, 0.4) is 0 Å². The molecule has 1 unspecified atom stereocenters. The Morgan fingerprint density at radius 2 is 2.00 bits per heavy atom. The number of benzene rings is 1. The summed E-state index contributed by atoms with van der Waals surface area (Å²) >= 11 is 0. The summed E-state index contributed by atoms with van der Waals surface area (Å²) in [5, 5.41) is 9.88. The molecule has 5 heteroatoms. The molecule has 0 amide bonds. The average molecular weight is 321 g/mol. The molecule has 24 heavy (non-hydrogen) atoms. The third kappa shape index (κ3) is 2.62. The minimum Gasteiger partial charge on any atom is -0.394 e. The zero-order valence-corrected chi connectivity index (χ0v) is 13.3. The fourth-order valence-electron chi connectivity index (χ4n) is 3.50. The molecule has 0 saturated carbocycles. The Labute approximate surface area is 139 Å². The Balaban J connectivity index is 1.67. The van der Waals surface area contributed by atoms with Crippen molar-refractivity contribution in [3.05, 3.63) is 81.9 Å². The Bertz CT molecular complexity index is 935. The third-order valence-electron chi connectivity index (χ3n) is 4.69. The molecule has 0 saturated heterocycles. The van der Waals surface area contributed by atoms with Crippen molar-refractivity contribution in [2.75, 3.05) is 13.2 Å². The number of aromatic nitrogens is 2. The van der Waals surface area contributed by atoms with Gasteiger partial charge >= 0.3 is 0 Å². The van der Waals surface area contributed by atoms with E-state index in [2.05, 4.69) is 22.0 Å². The summed E-state index contributed by atoms with van der Waals surface area (Å²) < 4.78 is 1.54. The third-order valence-corrected chi connectivity index (χ3v) is 4.69. The van der Waals surface area contributed by atoms with Crippen LogP contribution in [-0.2, 0) is 13.0 Å². The molecular formula is C19H19N3O2. The van der Waals surface area contributed by atoms with Crippen molar-refractivity contribution in [2.45, 2.75) is 19.0 Å². The van der Waals surface area contributed by atoms with Gasteiger partial charge < -0.3 is 5.11 Å². The highest BCUT2D eigenvalue weighted by Crippen LogP contribution is 2.30. The monoisotopic (exact) mass is 321 g/mol. The summed E-state index contributed by atoms with van der Waals surface area (Å²) in [5.41, 5.74) is 3.78. The van der Waals surface area contributed by atoms with Gasteiger partial charge in [-0.15, -0.1) is 0 Å². The second kappa shape index (κ2) is 6.19. The van der Waals surface area contributed by atoms with Gasteiger partial charge in [-0.3, -0.25) is 14.1 Å². The first-order valence-electron chi connectivity index (χ1n) is 8.16. The summed E-state index contributed by atoms with van der Waals surface area (Å²) in [6.07, 6.45) is 2.67. The van der Waals surface area contributed by atoms with Crippen molar-refractivity contribution in [2.24, 2.45) is 0 Å². The Kier molecular flexibility index (Phi) is 3.88. The van der Waals surface area contributed by atoms with Crippen molar-refractivity contribution >= 4 is 5.65 Å². The molecule has 0 radical (unpaired) electrons. The lowest BCUT2D eigenvalue weighted by molar-refractivity contribution is 0.107. The largest absolute Gasteiger partial charge is 0.394 e. The van der Waals surface area contributed by atoms with Crippen LogP contribution in [-0.4, -0.2) is 32.5 Å². The number of pyridine rings is 1. The van der Waals surface area contributed by atoms with Gasteiger partial charge in [0.25, 0.3) is 5.56 Å². The Morgan fingerprint density at radius 1 is 1.17 bits per heavy atom. The van der Waals surface area contributed by atoms with E-state index in [-0.39, 0.29) is 18.2 Å². The van der Waals surface area contributed by atoms with Gasteiger partial charge in [0.1, 0.15) is 5.65 Å². The van der Waals surface area contributed by atoms with Gasteiger partial charge in [0.2, 0.25) is 0 Å². The van der Waals surface area contributed by atoms with Crippen molar-refractivity contribution in [1.82, 2.24) is 14.3 Å². The molecule has 1 aliphatic rings. The number of aliphatic hydroxyl groups is 1. The summed E-state index contributed by atoms with van der Waals surface area (Å²) in [6, 6.07) is 15.3. The second-order valence-electron chi connectivity index (χ2n) is 6.13. The first-order chi connectivity index (χ1) is 11.8. The fourth-order valence-corrected chi connectivity index (χ4v) is 3.50. The van der Waals surface area contributed by atoms with Gasteiger partial charge in [-0.2, -0.15) is 0 Å². The number of aliphatic hydroxyl groups excluding tert-OH is 1. The minimum atomic E-state index is -0.0754. The maximum atomic E-state index is 12.2. The zero-order chi connectivity index (χ0) is 16.5. The molecule has 1 aromatic carbocycles. The molecule has 4 rings (SSSR count). The number of hydrogen-bond acceptors (Lipinski definition) is 4. The Morgan fingerprint density at radius 3 is 2.88 bits per heavy atom. The highest BCUT2D eigenvalue weighted by Gasteiger charge is 2.26. The topological polar surface area (TPSA) is 57.8 Å². The second-order valence-corrected chi connectivity index (χ2v) is 6.13. The molecule has 5 nitrogen and oxygen atoms in total. The van der Waals surface area contributed by atoms with Gasteiger partial charge in [0, 0.05) is 25.4 Å². The molecule has 0 aliphatic carbocycles. The van der Waals surface area contributed by atoms with E-state index in [9.17, 15) is 9.90 Å². The predicted molar refractivity (Wildman–Crippen MR) is 91.8 cm³/mol. The van der Waals surface area contributed by atoms with E-state index in [1.165, 1.54) is 11.1 Å². The molecule has 0 bridgehead atoms. The lowest BCUT2D eigenvalue weighted by Gasteiger charge is -2.36. The predicted octanol–water partition coefficient (Wildman–Crippen LogP) is 1.79. The molecular weight excluding hydrogens is 302 g/mol. The quantitative estimate of drug-likeness (QED) is 0.799. The van der Waals surface area contributed by atoms with Gasteiger partial charge in [0.05, 0.1) is 18.3 Å². The minimum absolute atomic E-state index is 0.0500. The Hall–Kier alpha value is -2.50. The molecule has 0 spiro atoms. The van der Waals surface area contributed by atoms with Gasteiger partial charge in [-0.05, 0) is 29.7 Å². The van der Waals surface area contributed by atoms with Gasteiger partial charge in [0.15, 0.2) is 0 Å². The molecule has 2 aromatic heterocycles. The zero-order valence-electron chi connectivity index (χ0n) is 13.3. The average Bonchev–Trinajstić information content (AvgIpc) is 2.61. The standard InChI is InChI=1S/C19H19N3O2/c23-13-17-16-6-2-1-5-14(16)8-10-21(17)12-15-11-19(24)22-9-4-3-7-18(22)20-15/h1-7,9,11,17,23H,8,10,12-13H2. The van der Waals surface area contributed by atoms with E-state index in [0.29, 0.717) is 12.2 Å². The fraction of sp³-hybridized carbons (Fsp3) is 0.263. The van der Waals surface area contributed by atoms with E-state index in [4.69, 9.17) is 0 Å². The van der Waals surface area contributed by atoms with Crippen LogP contribution in [0.1, 0.15) is 22.9 Å². The van der Waals surface area contributed by atoms with Crippen molar-refractivity contribution in [3.8, 4) is 0 Å². The first-order valence-corrected chi connectivity index (χ1v) is 8.16. The number of hydrogen-bond donors (Lipinski definition) is 1. The van der Waals surface area contributed by atoms with Crippen LogP contribution in [0.2, 0.25) is 0 Å². The maximum absolute atomic E-state index is 12.2. The molecule has 122 valence electrons. The van der Waals surface area contributed by atoms with E-state index in [0.717, 1.165) is 18.7 Å². The first kappa shape index (κ1) is 15.1. The summed E-state index contributed by atoms with van der Waals surface area (Å²) in [7, 11) is 0. The van der Waals surface area contributed by atoms with E-state index < -0.39 is 0 Å². The van der Waals surface area contributed by atoms with Crippen LogP contribution in [0, 0.1) is 0 Å². The van der Waals surface area contributed by atoms with Gasteiger partial charge in [-0.25, -0.2) is 4.98 Å². The lowest BCUT2D eigenvalue weighted by Crippen LogP contribution is -2.37. The van der Waals surface area contributed by atoms with Crippen LogP contribution in [0.15, 0.2) is 59.5 Å². The molecule has 1 N–H and O–H groups in total. The molecule has 1 aliphatic heterocycles. The van der Waals surface area contributed by atoms with E-state index >= 15 is 0 Å². The van der Waals surface area contributed by atoms with Crippen LogP contribution in [0.5, 0.6) is 0 Å². The van der Waals surface area contributed by atoms with Crippen molar-refractivity contribution in [1.29, 1.82) is 0 Å². The van der Waals surface area contributed by atoms with Crippen molar-refractivity contribution in [3.63, 3.8) is 0 Å². The molecule has 1 atom stereocenters. The summed E-state index contributed by atoms with van der Waals surface area (Å²) in [5.74, 6) is 0. The molecule has 3 aromatic rings. The van der Waals surface area contributed by atoms with Crippen LogP contribution < -0.4 is 5.56 Å². The maximum Gasteiger partial charge on any atom is 0.258 e. The van der Waals surface area contributed by atoms with Crippen molar-refractivity contribution < 1.29 is 5.11 Å². The normalized spacial score (nSPS) is 17.8.